The monoisotopic (exact) mass is 262 g/mol. The summed E-state index contributed by atoms with van der Waals surface area (Å²) in [7, 11) is 0. The maximum absolute atomic E-state index is 13.1. The second-order valence-electron chi connectivity index (χ2n) is 5.08. The average Bonchev–Trinajstić information content (AvgIpc) is 2.87. The summed E-state index contributed by atoms with van der Waals surface area (Å²) in [4.78, 5) is 13.1. The summed E-state index contributed by atoms with van der Waals surface area (Å²) in [6.45, 7) is 5.18. The Bertz CT molecular complexity index is 306. The van der Waals surface area contributed by atoms with E-state index in [4.69, 9.17) is 4.74 Å². The lowest BCUT2D eigenvalue weighted by Crippen LogP contribution is -2.42. The number of esters is 1. The number of carbonyl (C=O) groups excluding carboxylic acids is 1. The van der Waals surface area contributed by atoms with Crippen LogP contribution in [0.15, 0.2) is 0 Å². The van der Waals surface area contributed by atoms with E-state index in [0.29, 0.717) is 12.6 Å². The molecule has 0 amide bonds. The van der Waals surface area contributed by atoms with Gasteiger partial charge in [0.1, 0.15) is 6.10 Å². The van der Waals surface area contributed by atoms with Crippen LogP contribution >= 0.6 is 0 Å². The average molecular weight is 262 g/mol. The molecular weight excluding hydrogens is 242 g/mol. The molecule has 4 nitrogen and oxygen atoms in total. The Hall–Kier alpha value is -0.750. The van der Waals surface area contributed by atoms with Crippen molar-refractivity contribution in [3.8, 4) is 0 Å². The van der Waals surface area contributed by atoms with Gasteiger partial charge in [-0.2, -0.15) is 8.78 Å². The first-order valence-corrected chi connectivity index (χ1v) is 6.56. The molecule has 0 aromatic rings. The predicted octanol–water partition coefficient (Wildman–Crippen LogP) is 1.01. The summed E-state index contributed by atoms with van der Waals surface area (Å²) >= 11 is 0. The van der Waals surface area contributed by atoms with Crippen molar-refractivity contribution in [2.75, 3.05) is 26.2 Å². The third kappa shape index (κ3) is 2.98. The Morgan fingerprint density at radius 1 is 1.56 bits per heavy atom. The second-order valence-corrected chi connectivity index (χ2v) is 5.08. The van der Waals surface area contributed by atoms with Gasteiger partial charge in [-0.3, -0.25) is 4.90 Å². The molecule has 0 aromatic heterocycles. The molecular formula is C12H20F2N2O2. The zero-order valence-corrected chi connectivity index (χ0v) is 10.6. The van der Waals surface area contributed by atoms with Crippen molar-refractivity contribution in [3.05, 3.63) is 0 Å². The molecule has 0 bridgehead atoms. The van der Waals surface area contributed by atoms with E-state index in [9.17, 15) is 13.6 Å². The zero-order valence-electron chi connectivity index (χ0n) is 10.6. The van der Waals surface area contributed by atoms with Crippen LogP contribution in [0.1, 0.15) is 26.2 Å². The highest BCUT2D eigenvalue weighted by Crippen LogP contribution is 2.31. The number of nitrogens with zero attached hydrogens (tertiary/aromatic N) is 1. The lowest BCUT2D eigenvalue weighted by molar-refractivity contribution is -0.159. The maximum Gasteiger partial charge on any atom is 0.377 e. The van der Waals surface area contributed by atoms with E-state index in [-0.39, 0.29) is 0 Å². The quantitative estimate of drug-likeness (QED) is 0.751. The first-order chi connectivity index (χ1) is 8.53. The Labute approximate surface area is 106 Å². The van der Waals surface area contributed by atoms with Crippen molar-refractivity contribution in [2.45, 2.75) is 44.3 Å². The largest absolute Gasteiger partial charge is 0.456 e. The number of carbonyl (C=O) groups is 1. The minimum Gasteiger partial charge on any atom is -0.456 e. The third-order valence-corrected chi connectivity index (χ3v) is 3.56. The van der Waals surface area contributed by atoms with Crippen LogP contribution in [0.5, 0.6) is 0 Å². The highest BCUT2D eigenvalue weighted by molar-refractivity contribution is 5.79. The minimum absolute atomic E-state index is 0.373. The maximum atomic E-state index is 13.1. The van der Waals surface area contributed by atoms with Crippen LogP contribution in [0.25, 0.3) is 0 Å². The van der Waals surface area contributed by atoms with E-state index in [1.165, 1.54) is 0 Å². The predicted molar refractivity (Wildman–Crippen MR) is 62.6 cm³/mol. The van der Waals surface area contributed by atoms with Gasteiger partial charge in [-0.15, -0.1) is 0 Å². The highest BCUT2D eigenvalue weighted by atomic mass is 19.3. The van der Waals surface area contributed by atoms with E-state index in [1.807, 2.05) is 0 Å². The smallest absolute Gasteiger partial charge is 0.377 e. The summed E-state index contributed by atoms with van der Waals surface area (Å²) in [6, 6.07) is 0.373. The number of hydrogen-bond acceptors (Lipinski definition) is 4. The number of rotatable bonds is 5. The van der Waals surface area contributed by atoms with E-state index < -0.39 is 24.4 Å². The van der Waals surface area contributed by atoms with Crippen LogP contribution in [0.3, 0.4) is 0 Å². The first-order valence-electron chi connectivity index (χ1n) is 6.56. The topological polar surface area (TPSA) is 41.6 Å². The molecule has 2 aliphatic rings. The van der Waals surface area contributed by atoms with Crippen LogP contribution < -0.4 is 5.32 Å². The third-order valence-electron chi connectivity index (χ3n) is 3.56. The molecule has 0 aromatic carbocycles. The molecule has 1 N–H and O–H groups in total. The molecule has 2 fully saturated rings. The van der Waals surface area contributed by atoms with Gasteiger partial charge >= 0.3 is 11.9 Å². The molecule has 2 rings (SSSR count). The van der Waals surface area contributed by atoms with Crippen LogP contribution in [-0.4, -0.2) is 55.1 Å². The second kappa shape index (κ2) is 5.48. The summed E-state index contributed by atoms with van der Waals surface area (Å²) in [5.41, 5.74) is 0. The van der Waals surface area contributed by atoms with Crippen molar-refractivity contribution in [3.63, 3.8) is 0 Å². The summed E-state index contributed by atoms with van der Waals surface area (Å²) < 4.78 is 31.0. The van der Waals surface area contributed by atoms with Crippen molar-refractivity contribution in [2.24, 2.45) is 0 Å². The molecule has 2 heterocycles. The fourth-order valence-electron chi connectivity index (χ4n) is 2.67. The minimum atomic E-state index is -3.30. The van der Waals surface area contributed by atoms with Gasteiger partial charge in [0, 0.05) is 19.1 Å². The Morgan fingerprint density at radius 2 is 2.33 bits per heavy atom. The zero-order chi connectivity index (χ0) is 13.2. The fraction of sp³-hybridized carbons (Fsp3) is 0.917. The van der Waals surface area contributed by atoms with Gasteiger partial charge in [-0.1, -0.05) is 6.92 Å². The van der Waals surface area contributed by atoms with Crippen LogP contribution in [0.4, 0.5) is 8.78 Å². The van der Waals surface area contributed by atoms with E-state index in [0.717, 1.165) is 32.5 Å². The Kier molecular flexibility index (Phi) is 4.17. The molecule has 0 aliphatic carbocycles. The van der Waals surface area contributed by atoms with Gasteiger partial charge in [0.25, 0.3) is 0 Å². The van der Waals surface area contributed by atoms with Crippen LogP contribution in [0.2, 0.25) is 0 Å². The van der Waals surface area contributed by atoms with Gasteiger partial charge in [-0.05, 0) is 25.9 Å². The molecule has 104 valence electrons. The summed E-state index contributed by atoms with van der Waals surface area (Å²) in [5, 5.41) is 3.26. The van der Waals surface area contributed by atoms with Crippen molar-refractivity contribution in [1.29, 1.82) is 0 Å². The molecule has 0 saturated carbocycles. The Balaban J connectivity index is 1.91. The molecule has 2 atom stereocenters. The van der Waals surface area contributed by atoms with Crippen molar-refractivity contribution < 1.29 is 18.3 Å². The molecule has 0 radical (unpaired) electrons. The number of nitrogens with one attached hydrogen (secondary N) is 1. The number of ether oxygens (including phenoxy) is 1. The molecule has 2 aliphatic heterocycles. The van der Waals surface area contributed by atoms with Gasteiger partial charge in [-0.25, -0.2) is 4.79 Å². The van der Waals surface area contributed by atoms with Gasteiger partial charge in [0.2, 0.25) is 0 Å². The summed E-state index contributed by atoms with van der Waals surface area (Å²) in [6.07, 6.45) is 0.844. The number of halogens is 2. The van der Waals surface area contributed by atoms with Crippen LogP contribution in [0, 0.1) is 0 Å². The normalized spacial score (nSPS) is 31.0. The lowest BCUT2D eigenvalue weighted by Gasteiger charge is -2.29. The fourth-order valence-corrected chi connectivity index (χ4v) is 2.67. The van der Waals surface area contributed by atoms with Gasteiger partial charge in [0.05, 0.1) is 6.42 Å². The number of hydrogen-bond donors (Lipinski definition) is 1. The van der Waals surface area contributed by atoms with Crippen molar-refractivity contribution >= 4 is 5.97 Å². The first kappa shape index (κ1) is 13.7. The van der Waals surface area contributed by atoms with Crippen LogP contribution in [-0.2, 0) is 9.53 Å². The highest BCUT2D eigenvalue weighted by Gasteiger charge is 2.51. The standard InChI is InChI=1S/C12H20F2N2O2/c1-2-5-16(9-3-4-15-7-9)8-10-6-12(13,14)11(17)18-10/h9-10,15H,2-8H2,1H3. The molecule has 18 heavy (non-hydrogen) atoms. The summed E-state index contributed by atoms with van der Waals surface area (Å²) in [5.74, 6) is -4.66. The van der Waals surface area contributed by atoms with Gasteiger partial charge < -0.3 is 10.1 Å². The Morgan fingerprint density at radius 3 is 2.83 bits per heavy atom. The van der Waals surface area contributed by atoms with E-state index in [2.05, 4.69) is 17.1 Å². The number of alkyl halides is 2. The molecule has 2 unspecified atom stereocenters. The van der Waals surface area contributed by atoms with E-state index >= 15 is 0 Å². The molecule has 2 saturated heterocycles. The van der Waals surface area contributed by atoms with Crippen molar-refractivity contribution in [1.82, 2.24) is 10.2 Å². The molecule has 6 heteroatoms. The van der Waals surface area contributed by atoms with Gasteiger partial charge in [0.15, 0.2) is 0 Å². The SMILES string of the molecule is CCCN(CC1CC(F)(F)C(=O)O1)C1CCNC1. The van der Waals surface area contributed by atoms with E-state index in [1.54, 1.807) is 0 Å². The number of cyclic esters (lactones) is 1. The lowest BCUT2D eigenvalue weighted by atomic mass is 10.1. The molecule has 0 spiro atoms.